The summed E-state index contributed by atoms with van der Waals surface area (Å²) in [5, 5.41) is 2.66. The molecule has 126 valence electrons. The predicted octanol–water partition coefficient (Wildman–Crippen LogP) is 5.47. The van der Waals surface area contributed by atoms with Crippen molar-refractivity contribution >= 4 is 45.1 Å². The minimum absolute atomic E-state index is 0.265. The van der Waals surface area contributed by atoms with Crippen LogP contribution >= 0.6 is 23.2 Å². The van der Waals surface area contributed by atoms with Gasteiger partial charge in [0.15, 0.2) is 0 Å². The van der Waals surface area contributed by atoms with Crippen LogP contribution in [0, 0.1) is 6.92 Å². The Morgan fingerprint density at radius 2 is 1.96 bits per heavy atom. The van der Waals surface area contributed by atoms with Crippen LogP contribution in [-0.4, -0.2) is 4.98 Å². The molecule has 6 heteroatoms. The van der Waals surface area contributed by atoms with Gasteiger partial charge in [0, 0.05) is 27.1 Å². The Morgan fingerprint density at radius 3 is 2.76 bits per heavy atom. The van der Waals surface area contributed by atoms with Gasteiger partial charge in [-0.1, -0.05) is 41.4 Å². The van der Waals surface area contributed by atoms with Gasteiger partial charge in [-0.25, -0.2) is 4.79 Å². The highest BCUT2D eigenvalue weighted by Gasteiger charge is 2.17. The molecule has 0 unspecified atom stereocenters. The van der Waals surface area contributed by atoms with E-state index in [4.69, 9.17) is 32.4 Å². The number of rotatable bonds is 3. The van der Waals surface area contributed by atoms with Crippen LogP contribution < -0.4 is 10.4 Å². The minimum atomic E-state index is -0.396. The highest BCUT2D eigenvalue weighted by molar-refractivity contribution is 6.35. The molecule has 4 rings (SSSR count). The van der Waals surface area contributed by atoms with Crippen molar-refractivity contribution in [2.75, 3.05) is 0 Å². The van der Waals surface area contributed by atoms with Crippen LogP contribution in [0.3, 0.4) is 0 Å². The molecule has 0 radical (unpaired) electrons. The van der Waals surface area contributed by atoms with Crippen LogP contribution in [0.15, 0.2) is 51.7 Å². The molecule has 0 atom stereocenters. The zero-order chi connectivity index (χ0) is 17.6. The lowest BCUT2D eigenvalue weighted by Gasteiger charge is -2.09. The third-order valence-electron chi connectivity index (χ3n) is 4.15. The molecule has 0 spiro atoms. The Balaban J connectivity index is 1.84. The van der Waals surface area contributed by atoms with E-state index in [0.29, 0.717) is 26.9 Å². The first-order valence-corrected chi connectivity index (χ1v) is 8.41. The number of aromatic amines is 1. The molecule has 0 bridgehead atoms. The number of ether oxygens (including phenoxy) is 1. The van der Waals surface area contributed by atoms with E-state index >= 15 is 0 Å². The van der Waals surface area contributed by atoms with E-state index in [-0.39, 0.29) is 6.61 Å². The Morgan fingerprint density at radius 1 is 1.16 bits per heavy atom. The third-order valence-corrected chi connectivity index (χ3v) is 4.68. The Labute approximate surface area is 152 Å². The molecule has 2 aromatic carbocycles. The lowest BCUT2D eigenvalue weighted by Crippen LogP contribution is -2.00. The minimum Gasteiger partial charge on any atom is -0.487 e. The van der Waals surface area contributed by atoms with Gasteiger partial charge in [0.05, 0.1) is 5.02 Å². The first kappa shape index (κ1) is 16.1. The summed E-state index contributed by atoms with van der Waals surface area (Å²) < 4.78 is 11.2. The van der Waals surface area contributed by atoms with Gasteiger partial charge in [0.1, 0.15) is 23.5 Å². The van der Waals surface area contributed by atoms with Gasteiger partial charge >= 0.3 is 5.63 Å². The molecule has 25 heavy (non-hydrogen) atoms. The number of fused-ring (bicyclic) bond motifs is 3. The topological polar surface area (TPSA) is 55.2 Å². The Kier molecular flexibility index (Phi) is 3.94. The Bertz CT molecular complexity index is 1160. The van der Waals surface area contributed by atoms with Gasteiger partial charge in [0.25, 0.3) is 0 Å². The van der Waals surface area contributed by atoms with E-state index in [1.54, 1.807) is 24.3 Å². The molecule has 0 saturated carbocycles. The zero-order valence-corrected chi connectivity index (χ0v) is 14.7. The number of hydrogen-bond donors (Lipinski definition) is 1. The van der Waals surface area contributed by atoms with E-state index < -0.39 is 5.63 Å². The summed E-state index contributed by atoms with van der Waals surface area (Å²) in [5.74, 6) is 0.534. The van der Waals surface area contributed by atoms with Crippen molar-refractivity contribution in [3.63, 3.8) is 0 Å². The summed E-state index contributed by atoms with van der Waals surface area (Å²) in [4.78, 5) is 15.4. The fraction of sp³-hybridized carbons (Fsp3) is 0.105. The molecule has 0 aliphatic rings. The molecular weight excluding hydrogens is 361 g/mol. The second-order valence-corrected chi connectivity index (χ2v) is 6.57. The molecule has 2 aromatic heterocycles. The monoisotopic (exact) mass is 373 g/mol. The third kappa shape index (κ3) is 2.77. The van der Waals surface area contributed by atoms with E-state index in [2.05, 4.69) is 4.98 Å². The van der Waals surface area contributed by atoms with Gasteiger partial charge in [-0.15, -0.1) is 0 Å². The van der Waals surface area contributed by atoms with Crippen molar-refractivity contribution in [3.05, 3.63) is 74.2 Å². The van der Waals surface area contributed by atoms with Crippen LogP contribution in [0.5, 0.6) is 5.75 Å². The van der Waals surface area contributed by atoms with Crippen molar-refractivity contribution < 1.29 is 9.15 Å². The van der Waals surface area contributed by atoms with Crippen molar-refractivity contribution in [2.45, 2.75) is 13.5 Å². The first-order valence-electron chi connectivity index (χ1n) is 7.65. The first-order chi connectivity index (χ1) is 12.0. The maximum absolute atomic E-state index is 12.2. The van der Waals surface area contributed by atoms with Gasteiger partial charge < -0.3 is 14.1 Å². The van der Waals surface area contributed by atoms with Crippen molar-refractivity contribution in [2.24, 2.45) is 0 Å². The van der Waals surface area contributed by atoms with E-state index in [0.717, 1.165) is 22.0 Å². The molecule has 0 fully saturated rings. The summed E-state index contributed by atoms with van der Waals surface area (Å²) >= 11 is 12.1. The van der Waals surface area contributed by atoms with Crippen LogP contribution in [0.2, 0.25) is 10.0 Å². The fourth-order valence-corrected chi connectivity index (χ4v) is 3.41. The molecule has 4 aromatic rings. The molecular formula is C19H13Cl2NO3. The predicted molar refractivity (Wildman–Crippen MR) is 99.9 cm³/mol. The molecule has 0 saturated heterocycles. The molecule has 0 amide bonds. The molecule has 2 heterocycles. The number of aryl methyl sites for hydroxylation is 1. The quantitative estimate of drug-likeness (QED) is 0.484. The lowest BCUT2D eigenvalue weighted by atomic mass is 10.1. The average molecular weight is 374 g/mol. The SMILES string of the molecule is Cc1[nH]c2c(=O)oc3ccccc3c2c1COc1ccc(Cl)cc1Cl. The standard InChI is InChI=1S/C19H13Cl2NO3/c1-10-13(9-24-16-7-6-11(20)8-14(16)21)17-12-4-2-3-5-15(12)25-19(23)18(17)22-10/h2-8,22H,9H2,1H3. The molecule has 1 N–H and O–H groups in total. The number of H-pyrrole nitrogens is 1. The van der Waals surface area contributed by atoms with E-state index in [1.165, 1.54) is 0 Å². The number of hydrogen-bond acceptors (Lipinski definition) is 3. The van der Waals surface area contributed by atoms with Crippen LogP contribution in [0.25, 0.3) is 21.9 Å². The molecule has 0 aliphatic heterocycles. The normalized spacial score (nSPS) is 11.3. The van der Waals surface area contributed by atoms with E-state index in [1.807, 2.05) is 25.1 Å². The fourth-order valence-electron chi connectivity index (χ4n) is 2.95. The van der Waals surface area contributed by atoms with Gasteiger partial charge in [0.2, 0.25) is 0 Å². The number of benzene rings is 2. The van der Waals surface area contributed by atoms with Crippen LogP contribution in [0.4, 0.5) is 0 Å². The number of nitrogens with one attached hydrogen (secondary N) is 1. The summed E-state index contributed by atoms with van der Waals surface area (Å²) in [7, 11) is 0. The van der Waals surface area contributed by atoms with Crippen molar-refractivity contribution in [1.82, 2.24) is 4.98 Å². The number of halogens is 2. The summed E-state index contributed by atoms with van der Waals surface area (Å²) in [6, 6.07) is 12.5. The maximum Gasteiger partial charge on any atom is 0.360 e. The average Bonchev–Trinajstić information content (AvgIpc) is 2.92. The zero-order valence-electron chi connectivity index (χ0n) is 13.2. The second-order valence-electron chi connectivity index (χ2n) is 5.73. The summed E-state index contributed by atoms with van der Waals surface area (Å²) in [6.45, 7) is 2.16. The van der Waals surface area contributed by atoms with E-state index in [9.17, 15) is 4.79 Å². The molecule has 0 aliphatic carbocycles. The van der Waals surface area contributed by atoms with Crippen molar-refractivity contribution in [1.29, 1.82) is 0 Å². The van der Waals surface area contributed by atoms with Gasteiger partial charge in [-0.2, -0.15) is 0 Å². The maximum atomic E-state index is 12.2. The van der Waals surface area contributed by atoms with Gasteiger partial charge in [-0.05, 0) is 31.2 Å². The lowest BCUT2D eigenvalue weighted by molar-refractivity contribution is 0.307. The smallest absolute Gasteiger partial charge is 0.360 e. The van der Waals surface area contributed by atoms with Crippen LogP contribution in [-0.2, 0) is 6.61 Å². The van der Waals surface area contributed by atoms with Gasteiger partial charge in [-0.3, -0.25) is 0 Å². The van der Waals surface area contributed by atoms with Crippen LogP contribution in [0.1, 0.15) is 11.3 Å². The second kappa shape index (κ2) is 6.14. The van der Waals surface area contributed by atoms with Crippen molar-refractivity contribution in [3.8, 4) is 5.75 Å². The molecule has 4 nitrogen and oxygen atoms in total. The number of para-hydroxylation sites is 1. The number of aromatic nitrogens is 1. The highest BCUT2D eigenvalue weighted by Crippen LogP contribution is 2.31. The highest BCUT2D eigenvalue weighted by atomic mass is 35.5. The summed E-state index contributed by atoms with van der Waals surface area (Å²) in [5.41, 5.74) is 2.34. The Hall–Kier alpha value is -2.43. The summed E-state index contributed by atoms with van der Waals surface area (Å²) in [6.07, 6.45) is 0. The largest absolute Gasteiger partial charge is 0.487 e.